The number of thioether (sulfide) groups is 1. The molecule has 164 valence electrons. The highest BCUT2D eigenvalue weighted by atomic mass is 35.5. The van der Waals surface area contributed by atoms with Gasteiger partial charge < -0.3 is 10.2 Å². The van der Waals surface area contributed by atoms with E-state index in [1.807, 2.05) is 85.8 Å². The minimum atomic E-state index is -0.485. The number of anilines is 1. The molecular formula is C26H25ClN2O2S. The maximum Gasteiger partial charge on any atom is 0.241 e. The molecule has 1 heterocycles. The number of fused-ring (bicyclic) bond motifs is 1. The Morgan fingerprint density at radius 2 is 1.75 bits per heavy atom. The van der Waals surface area contributed by atoms with Crippen molar-refractivity contribution in [3.8, 4) is 0 Å². The third-order valence-corrected chi connectivity index (χ3v) is 7.27. The zero-order valence-electron chi connectivity index (χ0n) is 17.8. The second kappa shape index (κ2) is 10.2. The molecule has 1 N–H and O–H groups in total. The number of amides is 2. The Labute approximate surface area is 198 Å². The van der Waals surface area contributed by atoms with Crippen LogP contribution in [0.4, 0.5) is 5.69 Å². The molecule has 1 aliphatic rings. The molecule has 0 aromatic heterocycles. The number of nitrogens with zero attached hydrogens (tertiary/aromatic N) is 1. The van der Waals surface area contributed by atoms with E-state index in [0.717, 1.165) is 22.6 Å². The van der Waals surface area contributed by atoms with E-state index in [9.17, 15) is 9.59 Å². The third kappa shape index (κ3) is 5.17. The molecule has 3 aromatic carbocycles. The summed E-state index contributed by atoms with van der Waals surface area (Å²) in [5.74, 6) is -0.619. The van der Waals surface area contributed by atoms with Gasteiger partial charge in [-0.1, -0.05) is 73.1 Å². The molecule has 0 saturated heterocycles. The number of halogens is 1. The molecule has 0 spiro atoms. The van der Waals surface area contributed by atoms with Crippen molar-refractivity contribution in [1.82, 2.24) is 5.32 Å². The normalized spacial score (nSPS) is 16.4. The summed E-state index contributed by atoms with van der Waals surface area (Å²) in [5, 5.41) is 3.16. The van der Waals surface area contributed by atoms with Crippen molar-refractivity contribution in [3.05, 3.63) is 95.0 Å². The Morgan fingerprint density at radius 1 is 1.03 bits per heavy atom. The number of carbonyl (C=O) groups is 2. The van der Waals surface area contributed by atoms with Crippen LogP contribution in [-0.2, 0) is 22.6 Å². The average molecular weight is 465 g/mol. The van der Waals surface area contributed by atoms with Crippen LogP contribution in [0, 0.1) is 5.92 Å². The van der Waals surface area contributed by atoms with E-state index in [1.54, 1.807) is 4.90 Å². The van der Waals surface area contributed by atoms with Gasteiger partial charge in [0.2, 0.25) is 11.8 Å². The summed E-state index contributed by atoms with van der Waals surface area (Å²) < 4.78 is 0. The molecule has 0 unspecified atom stereocenters. The minimum Gasteiger partial charge on any atom is -0.355 e. The molecule has 2 atom stereocenters. The van der Waals surface area contributed by atoms with Crippen LogP contribution in [0.15, 0.2) is 83.8 Å². The first kappa shape index (κ1) is 22.4. The van der Waals surface area contributed by atoms with Gasteiger partial charge in [-0.3, -0.25) is 9.59 Å². The average Bonchev–Trinajstić information content (AvgIpc) is 2.81. The molecule has 1 aliphatic heterocycles. The lowest BCUT2D eigenvalue weighted by Crippen LogP contribution is -2.47. The second-order valence-corrected chi connectivity index (χ2v) is 9.50. The number of hydrogen-bond acceptors (Lipinski definition) is 3. The SMILES string of the molecule is C[C@@H](C(=O)NCCc1ccccc1)[C@H]1Sc2ccccc2N(Cc2cccc(Cl)c2)C1=O. The lowest BCUT2D eigenvalue weighted by molar-refractivity contribution is -0.128. The predicted octanol–water partition coefficient (Wildman–Crippen LogP) is 5.34. The lowest BCUT2D eigenvalue weighted by atomic mass is 10.0. The summed E-state index contributed by atoms with van der Waals surface area (Å²) in [6.45, 7) is 2.79. The van der Waals surface area contributed by atoms with Crippen molar-refractivity contribution < 1.29 is 9.59 Å². The van der Waals surface area contributed by atoms with E-state index in [-0.39, 0.29) is 11.8 Å². The molecule has 2 amide bonds. The highest BCUT2D eigenvalue weighted by Crippen LogP contribution is 2.42. The van der Waals surface area contributed by atoms with Gasteiger partial charge >= 0.3 is 0 Å². The van der Waals surface area contributed by atoms with Crippen LogP contribution in [0.25, 0.3) is 0 Å². The Hall–Kier alpha value is -2.76. The molecule has 0 saturated carbocycles. The van der Waals surface area contributed by atoms with Gasteiger partial charge in [0.05, 0.1) is 18.2 Å². The summed E-state index contributed by atoms with van der Waals surface area (Å²) in [5.41, 5.74) is 2.99. The molecule has 4 nitrogen and oxygen atoms in total. The van der Waals surface area contributed by atoms with Gasteiger partial charge in [0.25, 0.3) is 0 Å². The maximum absolute atomic E-state index is 13.5. The smallest absolute Gasteiger partial charge is 0.241 e. The fourth-order valence-corrected chi connectivity index (χ4v) is 5.31. The highest BCUT2D eigenvalue weighted by Gasteiger charge is 2.39. The van der Waals surface area contributed by atoms with E-state index < -0.39 is 11.2 Å². The van der Waals surface area contributed by atoms with Gasteiger partial charge in [0.15, 0.2) is 0 Å². The second-order valence-electron chi connectivity index (χ2n) is 7.88. The van der Waals surface area contributed by atoms with Crippen LogP contribution < -0.4 is 10.2 Å². The van der Waals surface area contributed by atoms with Crippen molar-refractivity contribution in [1.29, 1.82) is 0 Å². The Balaban J connectivity index is 1.48. The van der Waals surface area contributed by atoms with Crippen LogP contribution in [-0.4, -0.2) is 23.6 Å². The van der Waals surface area contributed by atoms with E-state index in [4.69, 9.17) is 11.6 Å². The van der Waals surface area contributed by atoms with Crippen molar-refractivity contribution >= 4 is 40.9 Å². The van der Waals surface area contributed by atoms with Crippen molar-refractivity contribution in [3.63, 3.8) is 0 Å². The zero-order valence-corrected chi connectivity index (χ0v) is 19.4. The number of hydrogen-bond donors (Lipinski definition) is 1. The van der Waals surface area contributed by atoms with Crippen molar-refractivity contribution in [2.24, 2.45) is 5.92 Å². The monoisotopic (exact) mass is 464 g/mol. The predicted molar refractivity (Wildman–Crippen MR) is 131 cm³/mol. The summed E-state index contributed by atoms with van der Waals surface area (Å²) in [6.07, 6.45) is 0.759. The molecule has 3 aromatic rings. The first-order valence-corrected chi connectivity index (χ1v) is 11.9. The molecule has 0 aliphatic carbocycles. The molecule has 0 bridgehead atoms. The molecular weight excluding hydrogens is 440 g/mol. The van der Waals surface area contributed by atoms with Crippen LogP contribution >= 0.6 is 23.4 Å². The third-order valence-electron chi connectivity index (χ3n) is 5.57. The Bertz CT molecular complexity index is 1110. The quantitative estimate of drug-likeness (QED) is 0.513. The van der Waals surface area contributed by atoms with Gasteiger partial charge in [-0.15, -0.1) is 11.8 Å². The van der Waals surface area contributed by atoms with Crippen LogP contribution in [0.1, 0.15) is 18.1 Å². The van der Waals surface area contributed by atoms with Crippen LogP contribution in [0.2, 0.25) is 5.02 Å². The van der Waals surface area contributed by atoms with Gasteiger partial charge in [-0.2, -0.15) is 0 Å². The van der Waals surface area contributed by atoms with Gasteiger partial charge in [0, 0.05) is 16.5 Å². The maximum atomic E-state index is 13.5. The molecule has 4 rings (SSSR count). The minimum absolute atomic E-state index is 0.0561. The van der Waals surface area contributed by atoms with Gasteiger partial charge in [0.1, 0.15) is 5.25 Å². The number of carbonyl (C=O) groups excluding carboxylic acids is 2. The summed E-state index contributed by atoms with van der Waals surface area (Å²) in [7, 11) is 0. The largest absolute Gasteiger partial charge is 0.355 e. The van der Waals surface area contributed by atoms with E-state index in [1.165, 1.54) is 17.3 Å². The Morgan fingerprint density at radius 3 is 2.53 bits per heavy atom. The van der Waals surface area contributed by atoms with Crippen LogP contribution in [0.3, 0.4) is 0 Å². The standard InChI is InChI=1S/C26H25ClN2O2S/c1-18(25(30)28-15-14-19-8-3-2-4-9-19)24-26(31)29(17-20-10-7-11-21(27)16-20)22-12-5-6-13-23(22)32-24/h2-13,16,18,24H,14-15,17H2,1H3,(H,28,30)/t18-,24-/m1/s1. The summed E-state index contributed by atoms with van der Waals surface area (Å²) in [4.78, 5) is 29.2. The summed E-state index contributed by atoms with van der Waals surface area (Å²) >= 11 is 7.62. The Kier molecular flexibility index (Phi) is 7.18. The molecule has 32 heavy (non-hydrogen) atoms. The van der Waals surface area contributed by atoms with E-state index >= 15 is 0 Å². The molecule has 0 radical (unpaired) electrons. The van der Waals surface area contributed by atoms with Gasteiger partial charge in [-0.25, -0.2) is 0 Å². The van der Waals surface area contributed by atoms with Gasteiger partial charge in [-0.05, 0) is 41.8 Å². The number of nitrogens with one attached hydrogen (secondary N) is 1. The number of rotatable bonds is 7. The van der Waals surface area contributed by atoms with Crippen molar-refractivity contribution in [2.45, 2.75) is 30.0 Å². The molecule has 0 fully saturated rings. The highest BCUT2D eigenvalue weighted by molar-refractivity contribution is 8.01. The fourth-order valence-electron chi connectivity index (χ4n) is 3.81. The fraction of sp³-hybridized carbons (Fsp3) is 0.231. The van der Waals surface area contributed by atoms with Crippen LogP contribution in [0.5, 0.6) is 0 Å². The van der Waals surface area contributed by atoms with Crippen molar-refractivity contribution in [2.75, 3.05) is 11.4 Å². The van der Waals surface area contributed by atoms with E-state index in [2.05, 4.69) is 5.32 Å². The number of benzene rings is 3. The topological polar surface area (TPSA) is 49.4 Å². The van der Waals surface area contributed by atoms with E-state index in [0.29, 0.717) is 18.1 Å². The summed E-state index contributed by atoms with van der Waals surface area (Å²) in [6, 6.07) is 25.4. The lowest BCUT2D eigenvalue weighted by Gasteiger charge is -2.35. The number of para-hydroxylation sites is 1. The molecule has 6 heteroatoms. The first-order valence-electron chi connectivity index (χ1n) is 10.7. The first-order chi connectivity index (χ1) is 15.5. The zero-order chi connectivity index (χ0) is 22.5.